The highest BCUT2D eigenvalue weighted by molar-refractivity contribution is 6.06. The zero-order chi connectivity index (χ0) is 24.0. The van der Waals surface area contributed by atoms with Crippen LogP contribution in [0, 0.1) is 5.41 Å². The number of nitrogens with one attached hydrogen (secondary N) is 1. The molecule has 6 heteroatoms. The Bertz CT molecular complexity index is 1280. The number of rotatable bonds is 5. The van der Waals surface area contributed by atoms with Crippen LogP contribution in [-0.2, 0) is 6.42 Å². The SMILES string of the molecule is COc1ccc2c(-c3ccc(C(N)=O)c(NC4CCCCC4)c3)c3n(c2c1)C(=O)CC(C)(C)C3. The number of benzene rings is 2. The summed E-state index contributed by atoms with van der Waals surface area (Å²) in [6.45, 7) is 4.28. The fourth-order valence-corrected chi connectivity index (χ4v) is 5.73. The molecule has 0 radical (unpaired) electrons. The summed E-state index contributed by atoms with van der Waals surface area (Å²) in [5.74, 6) is 0.389. The van der Waals surface area contributed by atoms with Crippen LogP contribution in [0.4, 0.5) is 5.69 Å². The summed E-state index contributed by atoms with van der Waals surface area (Å²) < 4.78 is 7.33. The van der Waals surface area contributed by atoms with Crippen LogP contribution in [0.1, 0.15) is 73.2 Å². The molecular formula is C28H33N3O3. The number of amides is 1. The van der Waals surface area contributed by atoms with E-state index in [1.165, 1.54) is 19.3 Å². The number of carbonyl (C=O) groups is 2. The number of hydrogen-bond acceptors (Lipinski definition) is 4. The van der Waals surface area contributed by atoms with Crippen molar-refractivity contribution in [3.63, 3.8) is 0 Å². The number of aromatic nitrogens is 1. The quantitative estimate of drug-likeness (QED) is 0.507. The van der Waals surface area contributed by atoms with Gasteiger partial charge < -0.3 is 15.8 Å². The molecule has 1 aromatic heterocycles. The molecule has 1 aliphatic carbocycles. The molecule has 1 amide bonds. The molecule has 0 spiro atoms. The van der Waals surface area contributed by atoms with Crippen LogP contribution in [0.25, 0.3) is 22.0 Å². The predicted octanol–water partition coefficient (Wildman–Crippen LogP) is 5.77. The van der Waals surface area contributed by atoms with E-state index in [9.17, 15) is 9.59 Å². The molecule has 6 nitrogen and oxygen atoms in total. The third-order valence-corrected chi connectivity index (χ3v) is 7.34. The number of fused-ring (bicyclic) bond motifs is 3. The van der Waals surface area contributed by atoms with E-state index in [4.69, 9.17) is 10.5 Å². The van der Waals surface area contributed by atoms with Crippen molar-refractivity contribution in [2.75, 3.05) is 12.4 Å². The summed E-state index contributed by atoms with van der Waals surface area (Å²) in [5.41, 5.74) is 10.8. The molecule has 0 saturated heterocycles. The van der Waals surface area contributed by atoms with Crippen molar-refractivity contribution in [3.8, 4) is 16.9 Å². The van der Waals surface area contributed by atoms with Gasteiger partial charge in [0.2, 0.25) is 5.91 Å². The molecule has 1 fully saturated rings. The van der Waals surface area contributed by atoms with Gasteiger partial charge in [-0.05, 0) is 54.5 Å². The molecule has 3 aromatic rings. The zero-order valence-electron chi connectivity index (χ0n) is 20.2. The Hall–Kier alpha value is -3.28. The summed E-state index contributed by atoms with van der Waals surface area (Å²) >= 11 is 0. The van der Waals surface area contributed by atoms with Crippen LogP contribution < -0.4 is 15.8 Å². The molecule has 34 heavy (non-hydrogen) atoms. The number of nitrogens with two attached hydrogens (primary N) is 1. The van der Waals surface area contributed by atoms with Crippen molar-refractivity contribution in [1.29, 1.82) is 0 Å². The Morgan fingerprint density at radius 3 is 2.56 bits per heavy atom. The smallest absolute Gasteiger partial charge is 0.250 e. The Morgan fingerprint density at radius 2 is 1.85 bits per heavy atom. The molecule has 0 unspecified atom stereocenters. The van der Waals surface area contributed by atoms with Crippen molar-refractivity contribution < 1.29 is 14.3 Å². The number of ether oxygens (including phenoxy) is 1. The highest BCUT2D eigenvalue weighted by Gasteiger charge is 2.35. The topological polar surface area (TPSA) is 86.3 Å². The fourth-order valence-electron chi connectivity index (χ4n) is 5.73. The summed E-state index contributed by atoms with van der Waals surface area (Å²) in [6.07, 6.45) is 7.12. The first-order valence-corrected chi connectivity index (χ1v) is 12.2. The van der Waals surface area contributed by atoms with E-state index < -0.39 is 5.91 Å². The van der Waals surface area contributed by atoms with Gasteiger partial charge >= 0.3 is 0 Å². The first kappa shape index (κ1) is 22.5. The van der Waals surface area contributed by atoms with Crippen LogP contribution in [-0.4, -0.2) is 29.5 Å². The minimum atomic E-state index is -0.435. The van der Waals surface area contributed by atoms with Gasteiger partial charge in [-0.25, -0.2) is 0 Å². The lowest BCUT2D eigenvalue weighted by Gasteiger charge is -2.31. The Labute approximate surface area is 200 Å². The first-order chi connectivity index (χ1) is 16.3. The zero-order valence-corrected chi connectivity index (χ0v) is 20.2. The van der Waals surface area contributed by atoms with Gasteiger partial charge in [-0.15, -0.1) is 0 Å². The maximum atomic E-state index is 13.3. The van der Waals surface area contributed by atoms with Gasteiger partial charge in [-0.3, -0.25) is 14.2 Å². The van der Waals surface area contributed by atoms with Gasteiger partial charge in [0.05, 0.1) is 18.2 Å². The summed E-state index contributed by atoms with van der Waals surface area (Å²) in [7, 11) is 1.64. The minimum Gasteiger partial charge on any atom is -0.497 e. The van der Waals surface area contributed by atoms with Crippen LogP contribution >= 0.6 is 0 Å². The average molecular weight is 460 g/mol. The molecule has 0 bridgehead atoms. The Balaban J connectivity index is 1.70. The van der Waals surface area contributed by atoms with Gasteiger partial charge in [-0.2, -0.15) is 0 Å². The lowest BCUT2D eigenvalue weighted by atomic mass is 9.80. The van der Waals surface area contributed by atoms with E-state index in [1.54, 1.807) is 7.11 Å². The van der Waals surface area contributed by atoms with Crippen molar-refractivity contribution >= 4 is 28.4 Å². The van der Waals surface area contributed by atoms with Crippen LogP contribution in [0.2, 0.25) is 0 Å². The van der Waals surface area contributed by atoms with Gasteiger partial charge in [0, 0.05) is 40.9 Å². The largest absolute Gasteiger partial charge is 0.497 e. The highest BCUT2D eigenvalue weighted by Crippen LogP contribution is 2.44. The molecule has 1 aliphatic heterocycles. The Kier molecular flexibility index (Phi) is 5.62. The summed E-state index contributed by atoms with van der Waals surface area (Å²) in [6, 6.07) is 12.1. The monoisotopic (exact) mass is 459 g/mol. The number of methoxy groups -OCH3 is 1. The van der Waals surface area contributed by atoms with E-state index >= 15 is 0 Å². The average Bonchev–Trinajstić information content (AvgIpc) is 3.11. The number of hydrogen-bond donors (Lipinski definition) is 2. The third-order valence-electron chi connectivity index (χ3n) is 7.34. The maximum absolute atomic E-state index is 13.3. The maximum Gasteiger partial charge on any atom is 0.250 e. The van der Waals surface area contributed by atoms with Crippen LogP contribution in [0.15, 0.2) is 36.4 Å². The fraction of sp³-hybridized carbons (Fsp3) is 0.429. The van der Waals surface area contributed by atoms with Crippen molar-refractivity contribution in [3.05, 3.63) is 47.7 Å². The summed E-state index contributed by atoms with van der Waals surface area (Å²) in [5, 5.41) is 4.62. The second-order valence-electron chi connectivity index (χ2n) is 10.6. The first-order valence-electron chi connectivity index (χ1n) is 12.2. The van der Waals surface area contributed by atoms with Gasteiger partial charge in [-0.1, -0.05) is 39.2 Å². The van der Waals surface area contributed by atoms with Gasteiger partial charge in [0.25, 0.3) is 5.91 Å². The van der Waals surface area contributed by atoms with Crippen molar-refractivity contribution in [2.24, 2.45) is 11.1 Å². The molecule has 0 atom stereocenters. The van der Waals surface area contributed by atoms with Crippen molar-refractivity contribution in [2.45, 2.75) is 64.8 Å². The van der Waals surface area contributed by atoms with Crippen LogP contribution in [0.5, 0.6) is 5.75 Å². The van der Waals surface area contributed by atoms with Gasteiger partial charge in [0.1, 0.15) is 5.75 Å². The van der Waals surface area contributed by atoms with Crippen LogP contribution in [0.3, 0.4) is 0 Å². The number of nitrogens with zero attached hydrogens (tertiary/aromatic N) is 1. The molecule has 5 rings (SSSR count). The Morgan fingerprint density at radius 1 is 1.09 bits per heavy atom. The minimum absolute atomic E-state index is 0.102. The number of anilines is 1. The molecule has 1 saturated carbocycles. The highest BCUT2D eigenvalue weighted by atomic mass is 16.5. The van der Waals surface area contributed by atoms with E-state index in [-0.39, 0.29) is 11.3 Å². The predicted molar refractivity (Wildman–Crippen MR) is 136 cm³/mol. The molecule has 178 valence electrons. The number of carbonyl (C=O) groups excluding carboxylic acids is 2. The summed E-state index contributed by atoms with van der Waals surface area (Å²) in [4.78, 5) is 25.5. The molecular weight excluding hydrogens is 426 g/mol. The molecule has 3 N–H and O–H groups in total. The second-order valence-corrected chi connectivity index (χ2v) is 10.6. The molecule has 2 aliphatic rings. The third kappa shape index (κ3) is 3.95. The van der Waals surface area contributed by atoms with Gasteiger partial charge in [0.15, 0.2) is 0 Å². The van der Waals surface area contributed by atoms with E-state index in [0.717, 1.165) is 58.4 Å². The molecule has 2 heterocycles. The second kappa shape index (κ2) is 8.49. The van der Waals surface area contributed by atoms with Crippen molar-refractivity contribution in [1.82, 2.24) is 4.57 Å². The lowest BCUT2D eigenvalue weighted by Crippen LogP contribution is -2.31. The normalized spacial score (nSPS) is 18.0. The standard InChI is InChI=1S/C28H33N3O3/c1-28(2)15-24-26(21-12-10-19(34-3)14-23(21)31(24)25(32)16-28)17-9-11-20(27(29)33)22(13-17)30-18-7-5-4-6-8-18/h9-14,18,30H,4-8,15-16H2,1-3H3,(H2,29,33). The van der Waals surface area contributed by atoms with E-state index in [0.29, 0.717) is 18.0 Å². The van der Waals surface area contributed by atoms with E-state index in [1.807, 2.05) is 41.0 Å². The molecule has 2 aromatic carbocycles. The number of primary amides is 1. The lowest BCUT2D eigenvalue weighted by molar-refractivity contribution is 0.0816. The van der Waals surface area contributed by atoms with E-state index in [2.05, 4.69) is 19.2 Å².